The first-order valence-electron chi connectivity index (χ1n) is 6.28. The van der Waals surface area contributed by atoms with E-state index < -0.39 is 0 Å². The van der Waals surface area contributed by atoms with Crippen LogP contribution in [0.25, 0.3) is 0 Å². The van der Waals surface area contributed by atoms with Crippen molar-refractivity contribution in [3.05, 3.63) is 59.5 Å². The monoisotopic (exact) mass is 261 g/mol. The molecule has 0 unspecified atom stereocenters. The van der Waals surface area contributed by atoms with Gasteiger partial charge < -0.3 is 9.73 Å². The fraction of sp³-hybridized carbons (Fsp3) is 0.333. The van der Waals surface area contributed by atoms with Crippen LogP contribution < -0.4 is 5.32 Å². The van der Waals surface area contributed by atoms with Crippen LogP contribution in [0.2, 0.25) is 0 Å². The zero-order valence-corrected chi connectivity index (χ0v) is 11.5. The minimum atomic E-state index is 0.819. The lowest BCUT2D eigenvalue weighted by atomic mass is 10.2. The van der Waals surface area contributed by atoms with Gasteiger partial charge in [-0.15, -0.1) is 11.8 Å². The molecule has 0 radical (unpaired) electrons. The molecule has 2 aromatic rings. The van der Waals surface area contributed by atoms with Gasteiger partial charge in [0.2, 0.25) is 0 Å². The molecule has 0 atom stereocenters. The molecule has 0 aliphatic heterocycles. The summed E-state index contributed by atoms with van der Waals surface area (Å²) in [5.41, 5.74) is 1.36. The van der Waals surface area contributed by atoms with Gasteiger partial charge >= 0.3 is 0 Å². The Labute approximate surface area is 113 Å². The highest BCUT2D eigenvalue weighted by Gasteiger charge is 2.02. The minimum Gasteiger partial charge on any atom is -0.464 e. The molecule has 0 fully saturated rings. The third-order valence-corrected chi connectivity index (χ3v) is 3.65. The molecule has 0 saturated heterocycles. The number of furan rings is 1. The lowest BCUT2D eigenvalue weighted by Gasteiger charge is -2.00. The standard InChI is InChI=1S/C15H19NOS/c1-2-16-10-14-8-9-15(17-14)12-18-11-13-6-4-3-5-7-13/h3-9,16H,2,10-12H2,1H3. The fourth-order valence-corrected chi connectivity index (χ4v) is 2.57. The van der Waals surface area contributed by atoms with E-state index in [-0.39, 0.29) is 0 Å². The van der Waals surface area contributed by atoms with E-state index in [1.165, 1.54) is 5.56 Å². The van der Waals surface area contributed by atoms with Gasteiger partial charge in [-0.05, 0) is 24.2 Å². The molecular formula is C15H19NOS. The van der Waals surface area contributed by atoms with Crippen molar-refractivity contribution in [2.75, 3.05) is 6.54 Å². The Morgan fingerprint density at radius 3 is 2.56 bits per heavy atom. The van der Waals surface area contributed by atoms with Gasteiger partial charge in [0.05, 0.1) is 12.3 Å². The Bertz CT molecular complexity index is 453. The maximum atomic E-state index is 5.74. The maximum absolute atomic E-state index is 5.74. The molecule has 0 saturated carbocycles. The number of hydrogen-bond acceptors (Lipinski definition) is 3. The van der Waals surface area contributed by atoms with Crippen molar-refractivity contribution in [1.29, 1.82) is 0 Å². The van der Waals surface area contributed by atoms with Crippen molar-refractivity contribution in [3.8, 4) is 0 Å². The zero-order chi connectivity index (χ0) is 12.6. The van der Waals surface area contributed by atoms with E-state index in [4.69, 9.17) is 4.42 Å². The van der Waals surface area contributed by atoms with Crippen LogP contribution in [-0.4, -0.2) is 6.54 Å². The molecule has 0 amide bonds. The van der Waals surface area contributed by atoms with E-state index in [9.17, 15) is 0 Å². The van der Waals surface area contributed by atoms with E-state index in [1.807, 2.05) is 17.8 Å². The van der Waals surface area contributed by atoms with E-state index in [0.29, 0.717) is 0 Å². The van der Waals surface area contributed by atoms with Gasteiger partial charge in [0.25, 0.3) is 0 Å². The topological polar surface area (TPSA) is 25.2 Å². The molecule has 96 valence electrons. The molecule has 0 spiro atoms. The molecule has 3 heteroatoms. The average Bonchev–Trinajstić information content (AvgIpc) is 2.85. The second-order valence-corrected chi connectivity index (χ2v) is 5.11. The van der Waals surface area contributed by atoms with Gasteiger partial charge in [-0.2, -0.15) is 0 Å². The van der Waals surface area contributed by atoms with Crippen molar-refractivity contribution < 1.29 is 4.42 Å². The molecule has 1 heterocycles. The first kappa shape index (κ1) is 13.2. The molecule has 1 N–H and O–H groups in total. The van der Waals surface area contributed by atoms with Gasteiger partial charge in [-0.25, -0.2) is 0 Å². The van der Waals surface area contributed by atoms with Crippen LogP contribution in [0.1, 0.15) is 24.0 Å². The van der Waals surface area contributed by atoms with Crippen molar-refractivity contribution in [1.82, 2.24) is 5.32 Å². The summed E-state index contributed by atoms with van der Waals surface area (Å²) in [6, 6.07) is 14.7. The Morgan fingerprint density at radius 2 is 1.78 bits per heavy atom. The molecule has 0 bridgehead atoms. The summed E-state index contributed by atoms with van der Waals surface area (Å²) in [5.74, 6) is 4.04. The molecule has 1 aromatic heterocycles. The quantitative estimate of drug-likeness (QED) is 0.820. The van der Waals surface area contributed by atoms with Crippen LogP contribution in [0.5, 0.6) is 0 Å². The second-order valence-electron chi connectivity index (χ2n) is 4.13. The SMILES string of the molecule is CCNCc1ccc(CSCc2ccccc2)o1. The molecular weight excluding hydrogens is 242 g/mol. The predicted molar refractivity (Wildman–Crippen MR) is 77.5 cm³/mol. The van der Waals surface area contributed by atoms with E-state index in [1.54, 1.807) is 0 Å². The van der Waals surface area contributed by atoms with Crippen molar-refractivity contribution >= 4 is 11.8 Å². The van der Waals surface area contributed by atoms with Crippen LogP contribution in [0, 0.1) is 0 Å². The molecule has 2 rings (SSSR count). The van der Waals surface area contributed by atoms with E-state index >= 15 is 0 Å². The Kier molecular flexibility index (Phi) is 5.36. The number of thioether (sulfide) groups is 1. The molecule has 2 nitrogen and oxygen atoms in total. The summed E-state index contributed by atoms with van der Waals surface area (Å²) in [4.78, 5) is 0. The smallest absolute Gasteiger partial charge is 0.117 e. The van der Waals surface area contributed by atoms with Crippen LogP contribution in [0.3, 0.4) is 0 Å². The Hall–Kier alpha value is -1.19. The van der Waals surface area contributed by atoms with Gasteiger partial charge in [0.15, 0.2) is 0 Å². The first-order chi connectivity index (χ1) is 8.88. The summed E-state index contributed by atoms with van der Waals surface area (Å²) in [6.07, 6.45) is 0. The highest BCUT2D eigenvalue weighted by molar-refractivity contribution is 7.97. The summed E-state index contributed by atoms with van der Waals surface area (Å²) in [7, 11) is 0. The summed E-state index contributed by atoms with van der Waals surface area (Å²) >= 11 is 1.88. The van der Waals surface area contributed by atoms with E-state index in [2.05, 4.69) is 48.6 Å². The molecule has 1 aromatic carbocycles. The van der Waals surface area contributed by atoms with Crippen LogP contribution >= 0.6 is 11.8 Å². The zero-order valence-electron chi connectivity index (χ0n) is 10.7. The number of rotatable bonds is 7. The normalized spacial score (nSPS) is 10.7. The largest absolute Gasteiger partial charge is 0.464 e. The van der Waals surface area contributed by atoms with Crippen LogP contribution in [0.4, 0.5) is 0 Å². The Balaban J connectivity index is 1.75. The molecule has 0 aliphatic rings. The number of nitrogens with one attached hydrogen (secondary N) is 1. The highest BCUT2D eigenvalue weighted by Crippen LogP contribution is 2.19. The minimum absolute atomic E-state index is 0.819. The van der Waals surface area contributed by atoms with E-state index in [0.717, 1.165) is 36.1 Å². The van der Waals surface area contributed by atoms with Gasteiger partial charge in [0, 0.05) is 5.75 Å². The van der Waals surface area contributed by atoms with Crippen molar-refractivity contribution in [3.63, 3.8) is 0 Å². The Morgan fingerprint density at radius 1 is 1.00 bits per heavy atom. The maximum Gasteiger partial charge on any atom is 0.117 e. The third-order valence-electron chi connectivity index (χ3n) is 2.62. The third kappa shape index (κ3) is 4.24. The van der Waals surface area contributed by atoms with Crippen LogP contribution in [0.15, 0.2) is 46.9 Å². The highest BCUT2D eigenvalue weighted by atomic mass is 32.2. The van der Waals surface area contributed by atoms with Crippen molar-refractivity contribution in [2.45, 2.75) is 25.0 Å². The van der Waals surface area contributed by atoms with Gasteiger partial charge in [-0.1, -0.05) is 37.3 Å². The number of hydrogen-bond donors (Lipinski definition) is 1. The summed E-state index contributed by atoms with van der Waals surface area (Å²) in [5, 5.41) is 3.26. The molecule has 18 heavy (non-hydrogen) atoms. The van der Waals surface area contributed by atoms with Gasteiger partial charge in [0.1, 0.15) is 11.5 Å². The van der Waals surface area contributed by atoms with Gasteiger partial charge in [-0.3, -0.25) is 0 Å². The predicted octanol–water partition coefficient (Wildman–Crippen LogP) is 3.82. The average molecular weight is 261 g/mol. The van der Waals surface area contributed by atoms with Crippen molar-refractivity contribution in [2.24, 2.45) is 0 Å². The fourth-order valence-electron chi connectivity index (χ4n) is 1.69. The van der Waals surface area contributed by atoms with Crippen LogP contribution in [-0.2, 0) is 18.1 Å². The second kappa shape index (κ2) is 7.29. The number of benzene rings is 1. The lowest BCUT2D eigenvalue weighted by Crippen LogP contribution is -2.10. The lowest BCUT2D eigenvalue weighted by molar-refractivity contribution is 0.463. The summed E-state index contributed by atoms with van der Waals surface area (Å²) in [6.45, 7) is 3.89. The first-order valence-corrected chi connectivity index (χ1v) is 7.44. The molecule has 0 aliphatic carbocycles. The summed E-state index contributed by atoms with van der Waals surface area (Å²) < 4.78 is 5.74.